The number of hydrogen-bond donors (Lipinski definition) is 2. The third kappa shape index (κ3) is 4.94. The summed E-state index contributed by atoms with van der Waals surface area (Å²) in [5.41, 5.74) is 1.52. The highest BCUT2D eigenvalue weighted by Gasteiger charge is 2.30. The van der Waals surface area contributed by atoms with E-state index in [4.69, 9.17) is 9.47 Å². The van der Waals surface area contributed by atoms with E-state index in [1.807, 2.05) is 43.3 Å². The van der Waals surface area contributed by atoms with Gasteiger partial charge in [-0.1, -0.05) is 0 Å². The second-order valence-electron chi connectivity index (χ2n) is 6.56. The van der Waals surface area contributed by atoms with E-state index in [9.17, 15) is 9.59 Å². The van der Waals surface area contributed by atoms with Gasteiger partial charge in [-0.2, -0.15) is 0 Å². The Morgan fingerprint density at radius 3 is 2.43 bits per heavy atom. The largest absolute Gasteiger partial charge is 0.497 e. The molecule has 1 atom stereocenters. The molecule has 1 heterocycles. The molecule has 0 bridgehead atoms. The topological polar surface area (TPSA) is 79.9 Å². The molecular weight excluding hydrogens is 358 g/mol. The standard InChI is InChI=1S/C21H25N3O4/c1-3-28-19-8-4-16(5-9-19)23-21(26)22-13-15-12-20(25)24(14-15)17-6-10-18(27-2)11-7-17/h4-11,15H,3,12-14H2,1-2H3,(H2,22,23,26). The minimum absolute atomic E-state index is 0.0592. The molecule has 2 aromatic rings. The summed E-state index contributed by atoms with van der Waals surface area (Å²) in [7, 11) is 1.61. The van der Waals surface area contributed by atoms with Crippen molar-refractivity contribution in [3.05, 3.63) is 48.5 Å². The Bertz CT molecular complexity index is 805. The van der Waals surface area contributed by atoms with E-state index in [1.165, 1.54) is 0 Å². The van der Waals surface area contributed by atoms with Crippen LogP contribution >= 0.6 is 0 Å². The van der Waals surface area contributed by atoms with Crippen LogP contribution in [-0.2, 0) is 4.79 Å². The number of nitrogens with zero attached hydrogens (tertiary/aromatic N) is 1. The molecule has 7 heteroatoms. The van der Waals surface area contributed by atoms with Gasteiger partial charge in [-0.15, -0.1) is 0 Å². The normalized spacial score (nSPS) is 16.0. The van der Waals surface area contributed by atoms with Gasteiger partial charge >= 0.3 is 6.03 Å². The summed E-state index contributed by atoms with van der Waals surface area (Å²) >= 11 is 0. The summed E-state index contributed by atoms with van der Waals surface area (Å²) in [6, 6.07) is 14.3. The highest BCUT2D eigenvalue weighted by Crippen LogP contribution is 2.26. The minimum atomic E-state index is -0.292. The molecule has 1 saturated heterocycles. The maximum atomic E-state index is 12.3. The number of carbonyl (C=O) groups is 2. The predicted molar refractivity (Wildman–Crippen MR) is 108 cm³/mol. The third-order valence-corrected chi connectivity index (χ3v) is 4.56. The van der Waals surface area contributed by atoms with Crippen LogP contribution in [-0.4, -0.2) is 38.7 Å². The zero-order valence-electron chi connectivity index (χ0n) is 16.1. The van der Waals surface area contributed by atoms with Gasteiger partial charge in [0.1, 0.15) is 11.5 Å². The molecule has 2 aromatic carbocycles. The van der Waals surface area contributed by atoms with Crippen molar-refractivity contribution in [2.24, 2.45) is 5.92 Å². The molecule has 0 spiro atoms. The van der Waals surface area contributed by atoms with Crippen molar-refractivity contribution in [1.29, 1.82) is 0 Å². The number of urea groups is 1. The number of ether oxygens (including phenoxy) is 2. The lowest BCUT2D eigenvalue weighted by atomic mass is 10.1. The van der Waals surface area contributed by atoms with E-state index >= 15 is 0 Å². The predicted octanol–water partition coefficient (Wildman–Crippen LogP) is 3.27. The third-order valence-electron chi connectivity index (χ3n) is 4.56. The average Bonchev–Trinajstić information content (AvgIpc) is 3.09. The molecule has 1 fully saturated rings. The van der Waals surface area contributed by atoms with Gasteiger partial charge in [-0.25, -0.2) is 4.79 Å². The number of benzene rings is 2. The molecule has 2 N–H and O–H groups in total. The average molecular weight is 383 g/mol. The second-order valence-corrected chi connectivity index (χ2v) is 6.56. The first-order chi connectivity index (χ1) is 13.6. The number of hydrogen-bond acceptors (Lipinski definition) is 4. The van der Waals surface area contributed by atoms with Crippen LogP contribution < -0.4 is 25.0 Å². The fourth-order valence-electron chi connectivity index (χ4n) is 3.14. The Labute approximate surface area is 164 Å². The van der Waals surface area contributed by atoms with Crippen molar-refractivity contribution in [3.63, 3.8) is 0 Å². The van der Waals surface area contributed by atoms with Crippen LogP contribution in [0.25, 0.3) is 0 Å². The molecule has 0 aliphatic carbocycles. The molecule has 0 saturated carbocycles. The number of nitrogens with one attached hydrogen (secondary N) is 2. The summed E-state index contributed by atoms with van der Waals surface area (Å²) in [6.45, 7) is 3.53. The first-order valence-corrected chi connectivity index (χ1v) is 9.31. The van der Waals surface area contributed by atoms with Crippen LogP contribution in [0.15, 0.2) is 48.5 Å². The Hall–Kier alpha value is -3.22. The molecule has 28 heavy (non-hydrogen) atoms. The van der Waals surface area contributed by atoms with Gasteiger partial charge < -0.3 is 25.0 Å². The maximum absolute atomic E-state index is 12.3. The minimum Gasteiger partial charge on any atom is -0.497 e. The van der Waals surface area contributed by atoms with E-state index in [0.29, 0.717) is 31.8 Å². The SMILES string of the molecule is CCOc1ccc(NC(=O)NCC2CC(=O)N(c3ccc(OC)cc3)C2)cc1. The lowest BCUT2D eigenvalue weighted by Gasteiger charge is -2.17. The van der Waals surface area contributed by atoms with Crippen molar-refractivity contribution < 1.29 is 19.1 Å². The first kappa shape index (κ1) is 19.5. The summed E-state index contributed by atoms with van der Waals surface area (Å²) in [6.07, 6.45) is 0.412. The Morgan fingerprint density at radius 1 is 1.11 bits per heavy atom. The van der Waals surface area contributed by atoms with E-state index in [2.05, 4.69) is 10.6 Å². The molecule has 1 aliphatic rings. The van der Waals surface area contributed by atoms with Gasteiger partial charge in [0.25, 0.3) is 0 Å². The Kier molecular flexibility index (Phi) is 6.37. The number of rotatable bonds is 7. The van der Waals surface area contributed by atoms with Crippen LogP contribution in [0, 0.1) is 5.92 Å². The van der Waals surface area contributed by atoms with Gasteiger partial charge in [0.15, 0.2) is 0 Å². The molecule has 148 valence electrons. The van der Waals surface area contributed by atoms with Crippen LogP contribution in [0.5, 0.6) is 11.5 Å². The number of carbonyl (C=O) groups excluding carboxylic acids is 2. The van der Waals surface area contributed by atoms with E-state index in [-0.39, 0.29) is 17.9 Å². The van der Waals surface area contributed by atoms with Crippen LogP contribution in [0.3, 0.4) is 0 Å². The molecule has 3 amide bonds. The molecular formula is C21H25N3O4. The fraction of sp³-hybridized carbons (Fsp3) is 0.333. The van der Waals surface area contributed by atoms with Crippen molar-refractivity contribution in [2.45, 2.75) is 13.3 Å². The van der Waals surface area contributed by atoms with E-state index in [1.54, 1.807) is 24.1 Å². The van der Waals surface area contributed by atoms with E-state index in [0.717, 1.165) is 17.2 Å². The summed E-state index contributed by atoms with van der Waals surface area (Å²) < 4.78 is 10.5. The van der Waals surface area contributed by atoms with Crippen LogP contribution in [0.2, 0.25) is 0 Å². The van der Waals surface area contributed by atoms with Crippen molar-refractivity contribution in [1.82, 2.24) is 5.32 Å². The summed E-state index contributed by atoms with van der Waals surface area (Å²) in [4.78, 5) is 26.2. The van der Waals surface area contributed by atoms with Crippen LogP contribution in [0.1, 0.15) is 13.3 Å². The van der Waals surface area contributed by atoms with Crippen molar-refractivity contribution in [3.8, 4) is 11.5 Å². The highest BCUT2D eigenvalue weighted by molar-refractivity contribution is 5.96. The van der Waals surface area contributed by atoms with Gasteiger partial charge in [0.05, 0.1) is 13.7 Å². The smallest absolute Gasteiger partial charge is 0.319 e. The zero-order chi connectivity index (χ0) is 19.9. The maximum Gasteiger partial charge on any atom is 0.319 e. The number of amides is 3. The Balaban J connectivity index is 1.47. The quantitative estimate of drug-likeness (QED) is 0.769. The van der Waals surface area contributed by atoms with Gasteiger partial charge in [-0.05, 0) is 55.5 Å². The molecule has 7 nitrogen and oxygen atoms in total. The molecule has 1 aliphatic heterocycles. The van der Waals surface area contributed by atoms with Crippen molar-refractivity contribution in [2.75, 3.05) is 37.0 Å². The Morgan fingerprint density at radius 2 is 1.79 bits per heavy atom. The lowest BCUT2D eigenvalue weighted by molar-refractivity contribution is -0.117. The van der Waals surface area contributed by atoms with Gasteiger partial charge in [-0.3, -0.25) is 4.79 Å². The second kappa shape index (κ2) is 9.12. The number of methoxy groups -OCH3 is 1. The summed E-state index contributed by atoms with van der Waals surface area (Å²) in [5, 5.41) is 5.63. The first-order valence-electron chi connectivity index (χ1n) is 9.31. The summed E-state index contributed by atoms with van der Waals surface area (Å²) in [5.74, 6) is 1.64. The zero-order valence-corrected chi connectivity index (χ0v) is 16.1. The number of anilines is 2. The molecule has 0 radical (unpaired) electrons. The highest BCUT2D eigenvalue weighted by atomic mass is 16.5. The van der Waals surface area contributed by atoms with E-state index < -0.39 is 0 Å². The van der Waals surface area contributed by atoms with Gasteiger partial charge in [0, 0.05) is 36.8 Å². The fourth-order valence-corrected chi connectivity index (χ4v) is 3.14. The monoisotopic (exact) mass is 383 g/mol. The van der Waals surface area contributed by atoms with Crippen LogP contribution in [0.4, 0.5) is 16.2 Å². The molecule has 3 rings (SSSR count). The molecule has 1 unspecified atom stereocenters. The van der Waals surface area contributed by atoms with Gasteiger partial charge in [0.2, 0.25) is 5.91 Å². The lowest BCUT2D eigenvalue weighted by Crippen LogP contribution is -2.34. The molecule has 0 aromatic heterocycles. The van der Waals surface area contributed by atoms with Crippen molar-refractivity contribution >= 4 is 23.3 Å².